The minimum Gasteiger partial charge on any atom is -0.451 e. The Labute approximate surface area is 158 Å². The van der Waals surface area contributed by atoms with Crippen LogP contribution in [0.3, 0.4) is 0 Å². The van der Waals surface area contributed by atoms with Crippen LogP contribution in [0.15, 0.2) is 48.2 Å². The van der Waals surface area contributed by atoms with Crippen molar-refractivity contribution in [1.29, 1.82) is 0 Å². The summed E-state index contributed by atoms with van der Waals surface area (Å²) in [6.45, 7) is 0.341. The third-order valence-corrected chi connectivity index (χ3v) is 3.28. The largest absolute Gasteiger partial charge is 0.451 e. The van der Waals surface area contributed by atoms with Gasteiger partial charge in [-0.25, -0.2) is 18.0 Å². The van der Waals surface area contributed by atoms with E-state index in [1.165, 1.54) is 13.0 Å². The fourth-order valence-electron chi connectivity index (χ4n) is 2.07. The fraction of sp³-hybridized carbons (Fsp3) is 0.105. The van der Waals surface area contributed by atoms with Gasteiger partial charge in [0.1, 0.15) is 5.70 Å². The van der Waals surface area contributed by atoms with Crippen molar-refractivity contribution in [1.82, 2.24) is 5.32 Å². The van der Waals surface area contributed by atoms with Crippen LogP contribution in [0, 0.1) is 17.5 Å². The van der Waals surface area contributed by atoms with E-state index in [1.807, 2.05) is 5.32 Å². The summed E-state index contributed by atoms with van der Waals surface area (Å²) in [6.07, 6.45) is 1.34. The molecule has 0 radical (unpaired) electrons. The summed E-state index contributed by atoms with van der Waals surface area (Å²) in [4.78, 5) is 35.2. The van der Waals surface area contributed by atoms with Crippen molar-refractivity contribution in [3.63, 3.8) is 0 Å². The zero-order valence-electron chi connectivity index (χ0n) is 14.6. The van der Waals surface area contributed by atoms with Gasteiger partial charge in [-0.3, -0.25) is 9.59 Å². The molecule has 146 valence electrons. The molecular weight excluding hydrogens is 377 g/mol. The molecule has 28 heavy (non-hydrogen) atoms. The van der Waals surface area contributed by atoms with Gasteiger partial charge in [-0.1, -0.05) is 30.3 Å². The lowest BCUT2D eigenvalue weighted by atomic mass is 10.2. The fourth-order valence-corrected chi connectivity index (χ4v) is 2.07. The first-order valence-electron chi connectivity index (χ1n) is 7.92. The molecule has 2 aromatic rings. The van der Waals surface area contributed by atoms with Crippen LogP contribution < -0.4 is 10.6 Å². The molecule has 2 N–H and O–H groups in total. The Morgan fingerprint density at radius 2 is 1.68 bits per heavy atom. The van der Waals surface area contributed by atoms with E-state index < -0.39 is 47.5 Å². The quantitative estimate of drug-likeness (QED) is 0.450. The van der Waals surface area contributed by atoms with E-state index in [0.717, 1.165) is 6.07 Å². The normalized spacial score (nSPS) is 10.9. The molecule has 0 aliphatic heterocycles. The second kappa shape index (κ2) is 9.36. The first kappa shape index (κ1) is 20.7. The molecule has 0 bridgehead atoms. The average molecular weight is 392 g/mol. The van der Waals surface area contributed by atoms with Gasteiger partial charge in [0.25, 0.3) is 5.91 Å². The Kier molecular flexibility index (Phi) is 6.91. The Morgan fingerprint density at radius 1 is 1.00 bits per heavy atom. The molecule has 0 saturated heterocycles. The lowest BCUT2D eigenvalue weighted by molar-refractivity contribution is -0.144. The van der Waals surface area contributed by atoms with Gasteiger partial charge in [-0.05, 0) is 23.8 Å². The number of halogens is 3. The summed E-state index contributed by atoms with van der Waals surface area (Å²) in [6, 6.07) is 10.00. The highest BCUT2D eigenvalue weighted by molar-refractivity contribution is 5.99. The second-order valence-electron chi connectivity index (χ2n) is 5.50. The molecule has 0 spiro atoms. The number of carbonyl (C=O) groups excluding carboxylic acids is 3. The monoisotopic (exact) mass is 392 g/mol. The SMILES string of the molecule is CC(=O)N/C(=C\c1ccccc1)C(=O)OCC(=O)Nc1ccc(F)c(F)c1F. The molecule has 0 fully saturated rings. The van der Waals surface area contributed by atoms with E-state index in [9.17, 15) is 27.6 Å². The Hall–Kier alpha value is -3.62. The number of carbonyl (C=O) groups is 3. The van der Waals surface area contributed by atoms with E-state index in [1.54, 1.807) is 30.3 Å². The Bertz CT molecular complexity index is 930. The summed E-state index contributed by atoms with van der Waals surface area (Å²) in [5.41, 5.74) is -0.233. The number of benzene rings is 2. The number of amides is 2. The van der Waals surface area contributed by atoms with Gasteiger partial charge < -0.3 is 15.4 Å². The molecule has 2 amide bonds. The predicted octanol–water partition coefficient (Wildman–Crippen LogP) is 2.76. The van der Waals surface area contributed by atoms with E-state index >= 15 is 0 Å². The number of hydrogen-bond acceptors (Lipinski definition) is 4. The molecule has 6 nitrogen and oxygen atoms in total. The number of ether oxygens (including phenoxy) is 1. The highest BCUT2D eigenvalue weighted by atomic mass is 19.2. The van der Waals surface area contributed by atoms with Crippen LogP contribution in [-0.2, 0) is 19.1 Å². The number of esters is 1. The molecular formula is C19H15F3N2O4. The van der Waals surface area contributed by atoms with Crippen LogP contribution in [0.25, 0.3) is 6.08 Å². The molecule has 0 heterocycles. The van der Waals surface area contributed by atoms with Crippen LogP contribution in [0.4, 0.5) is 18.9 Å². The lowest BCUT2D eigenvalue weighted by Crippen LogP contribution is -2.29. The average Bonchev–Trinajstić information content (AvgIpc) is 2.66. The number of anilines is 1. The second-order valence-corrected chi connectivity index (χ2v) is 5.50. The molecule has 0 aliphatic carbocycles. The van der Waals surface area contributed by atoms with E-state index in [0.29, 0.717) is 11.6 Å². The van der Waals surface area contributed by atoms with Gasteiger partial charge in [0.15, 0.2) is 24.1 Å². The summed E-state index contributed by atoms with van der Waals surface area (Å²) < 4.78 is 44.4. The van der Waals surface area contributed by atoms with Crippen LogP contribution in [0.5, 0.6) is 0 Å². The molecule has 2 aromatic carbocycles. The van der Waals surface area contributed by atoms with Gasteiger partial charge in [0, 0.05) is 6.92 Å². The van der Waals surface area contributed by atoms with Crippen molar-refractivity contribution < 1.29 is 32.3 Å². The van der Waals surface area contributed by atoms with E-state index in [2.05, 4.69) is 5.32 Å². The highest BCUT2D eigenvalue weighted by Gasteiger charge is 2.18. The third kappa shape index (κ3) is 5.70. The number of rotatable bonds is 6. The third-order valence-electron chi connectivity index (χ3n) is 3.28. The Morgan fingerprint density at radius 3 is 2.32 bits per heavy atom. The summed E-state index contributed by atoms with van der Waals surface area (Å²) in [5.74, 6) is -7.27. The van der Waals surface area contributed by atoms with Crippen molar-refractivity contribution in [3.05, 3.63) is 71.2 Å². The standard InChI is InChI=1S/C19H15F3N2O4/c1-11(25)23-15(9-12-5-3-2-4-6-12)19(27)28-10-16(26)24-14-8-7-13(20)17(21)18(14)22/h2-9H,10H2,1H3,(H,23,25)(H,24,26)/b15-9-. The first-order valence-corrected chi connectivity index (χ1v) is 7.92. The smallest absolute Gasteiger partial charge is 0.355 e. The molecule has 0 unspecified atom stereocenters. The lowest BCUT2D eigenvalue weighted by Gasteiger charge is -2.10. The maximum Gasteiger partial charge on any atom is 0.355 e. The van der Waals surface area contributed by atoms with Gasteiger partial charge in [-0.15, -0.1) is 0 Å². The minimum absolute atomic E-state index is 0.217. The van der Waals surface area contributed by atoms with E-state index in [4.69, 9.17) is 4.74 Å². The van der Waals surface area contributed by atoms with E-state index in [-0.39, 0.29) is 5.70 Å². The number of hydrogen-bond donors (Lipinski definition) is 2. The highest BCUT2D eigenvalue weighted by Crippen LogP contribution is 2.19. The van der Waals surface area contributed by atoms with Gasteiger partial charge in [0.05, 0.1) is 5.69 Å². The van der Waals surface area contributed by atoms with Crippen molar-refractivity contribution in [2.45, 2.75) is 6.92 Å². The van der Waals surface area contributed by atoms with Gasteiger partial charge in [0.2, 0.25) is 5.91 Å². The topological polar surface area (TPSA) is 84.5 Å². The predicted molar refractivity (Wildman–Crippen MR) is 94.1 cm³/mol. The molecule has 0 aromatic heterocycles. The van der Waals surface area contributed by atoms with Crippen molar-refractivity contribution in [3.8, 4) is 0 Å². The maximum absolute atomic E-state index is 13.5. The molecule has 9 heteroatoms. The zero-order valence-corrected chi connectivity index (χ0v) is 14.6. The summed E-state index contributed by atoms with van der Waals surface area (Å²) in [7, 11) is 0. The minimum atomic E-state index is -1.74. The zero-order chi connectivity index (χ0) is 20.7. The Balaban J connectivity index is 2.04. The van der Waals surface area contributed by atoms with Crippen LogP contribution in [0.1, 0.15) is 12.5 Å². The maximum atomic E-state index is 13.5. The van der Waals surface area contributed by atoms with Crippen molar-refractivity contribution in [2.75, 3.05) is 11.9 Å². The molecule has 0 saturated carbocycles. The molecule has 0 atom stereocenters. The van der Waals surface area contributed by atoms with Crippen molar-refractivity contribution >= 4 is 29.5 Å². The van der Waals surface area contributed by atoms with Gasteiger partial charge >= 0.3 is 5.97 Å². The van der Waals surface area contributed by atoms with Crippen LogP contribution in [0.2, 0.25) is 0 Å². The van der Waals surface area contributed by atoms with Gasteiger partial charge in [-0.2, -0.15) is 0 Å². The first-order chi connectivity index (χ1) is 13.3. The number of nitrogens with one attached hydrogen (secondary N) is 2. The summed E-state index contributed by atoms with van der Waals surface area (Å²) in [5, 5.41) is 4.25. The molecule has 2 rings (SSSR count). The molecule has 0 aliphatic rings. The van der Waals surface area contributed by atoms with Crippen LogP contribution >= 0.6 is 0 Å². The summed E-state index contributed by atoms with van der Waals surface area (Å²) >= 11 is 0. The van der Waals surface area contributed by atoms with Crippen LogP contribution in [-0.4, -0.2) is 24.4 Å². The van der Waals surface area contributed by atoms with Crippen molar-refractivity contribution in [2.24, 2.45) is 0 Å².